The van der Waals surface area contributed by atoms with Crippen molar-refractivity contribution in [2.75, 3.05) is 0 Å². The molecule has 0 aromatic carbocycles. The van der Waals surface area contributed by atoms with Gasteiger partial charge in [0.2, 0.25) is 0 Å². The number of rotatable bonds is 4. The van der Waals surface area contributed by atoms with E-state index in [1.54, 1.807) is 0 Å². The van der Waals surface area contributed by atoms with E-state index in [1.807, 2.05) is 0 Å². The zero-order chi connectivity index (χ0) is 11.7. The van der Waals surface area contributed by atoms with Gasteiger partial charge < -0.3 is 20.4 Å². The molecule has 9 heteroatoms. The summed E-state index contributed by atoms with van der Waals surface area (Å²) in [6.07, 6.45) is -1.61. The second-order valence-corrected chi connectivity index (χ2v) is 1.93. The summed E-state index contributed by atoms with van der Waals surface area (Å²) < 4.78 is 0. The van der Waals surface area contributed by atoms with Crippen molar-refractivity contribution in [3.8, 4) is 0 Å². The summed E-state index contributed by atoms with van der Waals surface area (Å²) in [6.45, 7) is 0. The average Bonchev–Trinajstić information content (AvgIpc) is 1.79. The predicted molar refractivity (Wildman–Crippen MR) is 39.8 cm³/mol. The molecule has 0 bridgehead atoms. The quantitative estimate of drug-likeness (QED) is 0.373. The molecule has 15 heavy (non-hydrogen) atoms. The summed E-state index contributed by atoms with van der Waals surface area (Å²) in [5.41, 5.74) is 0. The summed E-state index contributed by atoms with van der Waals surface area (Å²) >= 11 is 0. The van der Waals surface area contributed by atoms with Crippen LogP contribution in [0.25, 0.3) is 0 Å². The van der Waals surface area contributed by atoms with Crippen molar-refractivity contribution in [1.82, 2.24) is 0 Å². The van der Waals surface area contributed by atoms with Gasteiger partial charge in [-0.05, 0) is 0 Å². The van der Waals surface area contributed by atoms with Crippen LogP contribution < -0.4 is 0 Å². The molecule has 0 aromatic rings. The normalized spacial score (nSPS) is 7.47. The molecule has 0 rings (SSSR count). The van der Waals surface area contributed by atoms with Gasteiger partial charge in [0, 0.05) is 21.7 Å². The predicted octanol–water partition coefficient (Wildman–Crippen LogP) is -0.911. The first-order valence-electron chi connectivity index (χ1n) is 3.13. The summed E-state index contributed by atoms with van der Waals surface area (Å²) in [5, 5.41) is 30.8. The van der Waals surface area contributed by atoms with Crippen LogP contribution in [0.5, 0.6) is 0 Å². The Labute approximate surface area is 98.4 Å². The Morgan fingerprint density at radius 1 is 0.600 bits per heavy atom. The van der Waals surface area contributed by atoms with Crippen molar-refractivity contribution in [3.05, 3.63) is 0 Å². The second-order valence-electron chi connectivity index (χ2n) is 1.93. The Balaban J connectivity index is -0.000000180. The molecule has 0 unspecified atom stereocenters. The number of aliphatic carboxylic acids is 4. The molecular weight excluding hydrogens is 248 g/mol. The maximum atomic E-state index is 9.43. The van der Waals surface area contributed by atoms with Gasteiger partial charge in [-0.15, -0.1) is 0 Å². The molecule has 84 valence electrons. The third kappa shape index (κ3) is 32.5. The Kier molecular flexibility index (Phi) is 13.7. The van der Waals surface area contributed by atoms with E-state index in [1.165, 1.54) is 0 Å². The molecule has 0 amide bonds. The Hall–Kier alpha value is -1.41. The van der Waals surface area contributed by atoms with Crippen LogP contribution in [0.1, 0.15) is 12.8 Å². The summed E-state index contributed by atoms with van der Waals surface area (Å²) in [4.78, 5) is 37.7. The summed E-state index contributed by atoms with van der Waals surface area (Å²) in [7, 11) is 0. The first kappa shape index (κ1) is 19.2. The molecule has 0 saturated carbocycles. The van der Waals surface area contributed by atoms with Crippen molar-refractivity contribution < 1.29 is 61.3 Å². The molecule has 0 aliphatic rings. The maximum absolute atomic E-state index is 9.43. The topological polar surface area (TPSA) is 149 Å². The SMILES string of the molecule is O=C(O)CC(=O)O.O=C(O)CC(=O)O.[Ti]. The van der Waals surface area contributed by atoms with E-state index in [0.29, 0.717) is 0 Å². The van der Waals surface area contributed by atoms with Crippen molar-refractivity contribution in [1.29, 1.82) is 0 Å². The van der Waals surface area contributed by atoms with Gasteiger partial charge >= 0.3 is 23.9 Å². The van der Waals surface area contributed by atoms with Gasteiger partial charge in [-0.3, -0.25) is 19.2 Å². The van der Waals surface area contributed by atoms with E-state index in [4.69, 9.17) is 20.4 Å². The fraction of sp³-hybridized carbons (Fsp3) is 0.333. The first-order chi connectivity index (χ1) is 6.25. The molecule has 0 fully saturated rings. The molecule has 0 atom stereocenters. The van der Waals surface area contributed by atoms with Crippen LogP contribution in [0.2, 0.25) is 0 Å². The molecule has 0 aromatic heterocycles. The van der Waals surface area contributed by atoms with Gasteiger partial charge in [0.05, 0.1) is 0 Å². The monoisotopic (exact) mass is 256 g/mol. The minimum atomic E-state index is -1.31. The first-order valence-corrected chi connectivity index (χ1v) is 3.13. The molecule has 8 nitrogen and oxygen atoms in total. The van der Waals surface area contributed by atoms with Crippen molar-refractivity contribution in [2.24, 2.45) is 0 Å². The van der Waals surface area contributed by atoms with Gasteiger partial charge in [-0.2, -0.15) is 0 Å². The molecular formula is C6H8O8Ti. The zero-order valence-corrected chi connectivity index (χ0v) is 8.90. The van der Waals surface area contributed by atoms with Crippen LogP contribution in [0.15, 0.2) is 0 Å². The van der Waals surface area contributed by atoms with Crippen LogP contribution in [0.4, 0.5) is 0 Å². The molecule has 0 spiro atoms. The van der Waals surface area contributed by atoms with Gasteiger partial charge in [0.1, 0.15) is 12.8 Å². The largest absolute Gasteiger partial charge is 0.481 e. The van der Waals surface area contributed by atoms with Crippen molar-refractivity contribution in [2.45, 2.75) is 12.8 Å². The maximum Gasteiger partial charge on any atom is 0.314 e. The van der Waals surface area contributed by atoms with Gasteiger partial charge in [-0.1, -0.05) is 0 Å². The summed E-state index contributed by atoms with van der Waals surface area (Å²) in [6, 6.07) is 0. The Morgan fingerprint density at radius 2 is 0.733 bits per heavy atom. The fourth-order valence-electron chi connectivity index (χ4n) is 0.259. The van der Waals surface area contributed by atoms with E-state index >= 15 is 0 Å². The van der Waals surface area contributed by atoms with Crippen LogP contribution in [0, 0.1) is 0 Å². The van der Waals surface area contributed by atoms with Crippen molar-refractivity contribution >= 4 is 23.9 Å². The van der Waals surface area contributed by atoms with E-state index < -0.39 is 36.7 Å². The van der Waals surface area contributed by atoms with Crippen molar-refractivity contribution in [3.63, 3.8) is 0 Å². The molecule has 0 radical (unpaired) electrons. The van der Waals surface area contributed by atoms with Crippen LogP contribution in [-0.4, -0.2) is 44.3 Å². The number of hydrogen-bond acceptors (Lipinski definition) is 4. The van der Waals surface area contributed by atoms with Crippen LogP contribution >= 0.6 is 0 Å². The number of carboxylic acids is 4. The standard InChI is InChI=1S/2C3H4O4.Ti/c2*4-2(5)1-3(6)7;/h2*1H2,(H,4,5)(H,6,7);. The van der Waals surface area contributed by atoms with Gasteiger partial charge in [-0.25, -0.2) is 0 Å². The number of hydrogen-bond donors (Lipinski definition) is 4. The molecule has 4 N–H and O–H groups in total. The van der Waals surface area contributed by atoms with E-state index in [9.17, 15) is 19.2 Å². The minimum Gasteiger partial charge on any atom is -0.481 e. The number of carboxylic acid groups (broad SMARTS) is 4. The third-order valence-electron chi connectivity index (χ3n) is 0.605. The van der Waals surface area contributed by atoms with Gasteiger partial charge in [0.15, 0.2) is 0 Å². The molecule has 0 heterocycles. The van der Waals surface area contributed by atoms with Gasteiger partial charge in [0.25, 0.3) is 0 Å². The number of carbonyl (C=O) groups is 4. The fourth-order valence-corrected chi connectivity index (χ4v) is 0.259. The molecule has 0 saturated heterocycles. The zero-order valence-electron chi connectivity index (χ0n) is 7.34. The Morgan fingerprint density at radius 3 is 0.733 bits per heavy atom. The second kappa shape index (κ2) is 10.7. The van der Waals surface area contributed by atoms with Crippen LogP contribution in [-0.2, 0) is 40.9 Å². The minimum absolute atomic E-state index is 0. The van der Waals surface area contributed by atoms with Crippen LogP contribution in [0.3, 0.4) is 0 Å². The average molecular weight is 256 g/mol. The van der Waals surface area contributed by atoms with E-state index in [-0.39, 0.29) is 21.7 Å². The molecule has 0 aliphatic heterocycles. The third-order valence-corrected chi connectivity index (χ3v) is 0.605. The molecule has 0 aliphatic carbocycles. The Bertz CT molecular complexity index is 198. The van der Waals surface area contributed by atoms with E-state index in [0.717, 1.165) is 0 Å². The summed E-state index contributed by atoms with van der Waals surface area (Å²) in [5.74, 6) is -5.25. The smallest absolute Gasteiger partial charge is 0.314 e. The van der Waals surface area contributed by atoms with E-state index in [2.05, 4.69) is 0 Å².